The van der Waals surface area contributed by atoms with Crippen molar-refractivity contribution in [3.8, 4) is 0 Å². The van der Waals surface area contributed by atoms with E-state index in [1.165, 1.54) is 6.42 Å². The smallest absolute Gasteiger partial charge is 0.243 e. The lowest BCUT2D eigenvalue weighted by molar-refractivity contribution is -0.132. The molecule has 1 aromatic carbocycles. The third-order valence-electron chi connectivity index (χ3n) is 7.39. The zero-order valence-corrected chi connectivity index (χ0v) is 24.1. The van der Waals surface area contributed by atoms with Crippen LogP contribution in [0.4, 0.5) is 0 Å². The Labute approximate surface area is 247 Å². The van der Waals surface area contributed by atoms with Gasteiger partial charge in [-0.25, -0.2) is 0 Å². The summed E-state index contributed by atoms with van der Waals surface area (Å²) in [5.74, 6) is -1.08. The number of primary amides is 1. The maximum absolute atomic E-state index is 13.7. The van der Waals surface area contributed by atoms with Crippen LogP contribution in [-0.4, -0.2) is 53.3 Å². The number of nitrogens with zero attached hydrogens (tertiary/aromatic N) is 2. The van der Waals surface area contributed by atoms with E-state index < -0.39 is 29.9 Å². The fourth-order valence-electron chi connectivity index (χ4n) is 5.13. The quantitative estimate of drug-likeness (QED) is 0.0996. The van der Waals surface area contributed by atoms with Crippen molar-refractivity contribution in [2.24, 2.45) is 28.1 Å². The summed E-state index contributed by atoms with van der Waals surface area (Å²) in [6, 6.07) is 10.6. The molecule has 9 N–H and O–H groups in total. The molecule has 0 bridgehead atoms. The number of guanidine groups is 1. The highest BCUT2D eigenvalue weighted by Gasteiger charge is 2.29. The Hall–Kier alpha value is -4.41. The molecule has 3 atom stereocenters. The second kappa shape index (κ2) is 17.4. The molecule has 0 radical (unpaired) electrons. The summed E-state index contributed by atoms with van der Waals surface area (Å²) in [5.41, 5.74) is 18.3. The molecular formula is C31H44N8O3. The Morgan fingerprint density at radius 2 is 1.64 bits per heavy atom. The van der Waals surface area contributed by atoms with Gasteiger partial charge in [-0.2, -0.15) is 0 Å². The first kappa shape index (κ1) is 32.1. The van der Waals surface area contributed by atoms with Crippen LogP contribution in [0.3, 0.4) is 0 Å². The second-order valence-electron chi connectivity index (χ2n) is 10.7. The van der Waals surface area contributed by atoms with Crippen LogP contribution in [0.15, 0.2) is 66.1 Å². The van der Waals surface area contributed by atoms with Crippen LogP contribution in [0.25, 0.3) is 6.08 Å². The van der Waals surface area contributed by atoms with Crippen LogP contribution < -0.4 is 33.2 Å². The first-order valence-electron chi connectivity index (χ1n) is 14.6. The number of hydrogen-bond acceptors (Lipinski definition) is 6. The van der Waals surface area contributed by atoms with E-state index in [1.54, 1.807) is 18.6 Å². The number of carbonyl (C=O) groups excluding carboxylic acids is 3. The van der Waals surface area contributed by atoms with Crippen LogP contribution >= 0.6 is 0 Å². The van der Waals surface area contributed by atoms with E-state index in [1.807, 2.05) is 48.5 Å². The monoisotopic (exact) mass is 576 g/mol. The number of aromatic nitrogens is 1. The van der Waals surface area contributed by atoms with Gasteiger partial charge in [0.1, 0.15) is 18.1 Å². The van der Waals surface area contributed by atoms with Gasteiger partial charge in [0, 0.05) is 25.4 Å². The first-order valence-corrected chi connectivity index (χ1v) is 14.6. The van der Waals surface area contributed by atoms with Gasteiger partial charge < -0.3 is 33.2 Å². The Kier molecular flexibility index (Phi) is 13.3. The summed E-state index contributed by atoms with van der Waals surface area (Å²) >= 11 is 0. The molecule has 3 amide bonds. The topological polar surface area (TPSA) is 191 Å². The van der Waals surface area contributed by atoms with Gasteiger partial charge in [-0.05, 0) is 54.6 Å². The predicted octanol–water partition coefficient (Wildman–Crippen LogP) is 1.73. The molecule has 42 heavy (non-hydrogen) atoms. The van der Waals surface area contributed by atoms with E-state index in [0.717, 1.165) is 36.8 Å². The first-order chi connectivity index (χ1) is 20.3. The van der Waals surface area contributed by atoms with E-state index in [2.05, 4.69) is 25.9 Å². The molecular weight excluding hydrogens is 532 g/mol. The van der Waals surface area contributed by atoms with Gasteiger partial charge in [0.15, 0.2) is 5.96 Å². The van der Waals surface area contributed by atoms with Gasteiger partial charge in [0.25, 0.3) is 0 Å². The number of rotatable bonds is 16. The Bertz CT molecular complexity index is 1180. The Morgan fingerprint density at radius 1 is 0.929 bits per heavy atom. The molecule has 1 aliphatic rings. The summed E-state index contributed by atoms with van der Waals surface area (Å²) in [7, 11) is 0. The standard InChI is InChI=1S/C31H44N8O3/c32-28(40)26(19-22-9-3-1-4-10-22)39-29(41)25(14-8-17-37-31(33)34)38-30(42)27(20-23-11-5-2-6-12-23)36-18-15-24-13-7-16-35-21-24/h1,3-4,7,9-10,13,15-16,18,21,23,25-27,36H,2,5-6,8,11-12,14,17,19-20H2,(H2,32,40)(H,38,42)(H,39,41)(H4,33,34,37)/b18-15+/t25-,26-,27-/m0/s1. The molecule has 1 aromatic heterocycles. The molecule has 3 rings (SSSR count). The van der Waals surface area contributed by atoms with Crippen LogP contribution in [0.1, 0.15) is 62.5 Å². The number of pyridine rings is 1. The number of carbonyl (C=O) groups is 3. The van der Waals surface area contributed by atoms with Gasteiger partial charge in [-0.15, -0.1) is 0 Å². The molecule has 226 valence electrons. The summed E-state index contributed by atoms with van der Waals surface area (Å²) in [6.45, 7) is 0.294. The van der Waals surface area contributed by atoms with E-state index >= 15 is 0 Å². The van der Waals surface area contributed by atoms with E-state index in [0.29, 0.717) is 25.3 Å². The highest BCUT2D eigenvalue weighted by Crippen LogP contribution is 2.27. The van der Waals surface area contributed by atoms with Crippen LogP contribution in [0, 0.1) is 5.92 Å². The highest BCUT2D eigenvalue weighted by molar-refractivity contribution is 5.92. The summed E-state index contributed by atoms with van der Waals surface area (Å²) in [6.07, 6.45) is 14.3. The molecule has 0 saturated heterocycles. The van der Waals surface area contributed by atoms with Crippen molar-refractivity contribution in [1.82, 2.24) is 20.9 Å². The number of hydrogen-bond donors (Lipinski definition) is 6. The lowest BCUT2D eigenvalue weighted by Gasteiger charge is -2.28. The molecule has 0 spiro atoms. The predicted molar refractivity (Wildman–Crippen MR) is 164 cm³/mol. The zero-order chi connectivity index (χ0) is 30.2. The van der Waals surface area contributed by atoms with Crippen molar-refractivity contribution < 1.29 is 14.4 Å². The van der Waals surface area contributed by atoms with Crippen molar-refractivity contribution in [2.45, 2.75) is 75.9 Å². The fraction of sp³-hybridized carbons (Fsp3) is 0.452. The minimum absolute atomic E-state index is 0.0474. The van der Waals surface area contributed by atoms with E-state index in [9.17, 15) is 14.4 Å². The third kappa shape index (κ3) is 11.6. The van der Waals surface area contributed by atoms with Crippen molar-refractivity contribution >= 4 is 29.8 Å². The van der Waals surface area contributed by atoms with Crippen LogP contribution in [-0.2, 0) is 20.8 Å². The van der Waals surface area contributed by atoms with Crippen LogP contribution in [0.2, 0.25) is 0 Å². The molecule has 11 heteroatoms. The third-order valence-corrected chi connectivity index (χ3v) is 7.39. The molecule has 11 nitrogen and oxygen atoms in total. The van der Waals surface area contributed by atoms with Gasteiger partial charge in [0.2, 0.25) is 17.7 Å². The minimum atomic E-state index is -0.935. The second-order valence-corrected chi connectivity index (χ2v) is 10.7. The molecule has 1 aliphatic carbocycles. The molecule has 1 fully saturated rings. The summed E-state index contributed by atoms with van der Waals surface area (Å²) in [5, 5.41) is 8.93. The average molecular weight is 577 g/mol. The van der Waals surface area contributed by atoms with Crippen molar-refractivity contribution in [3.63, 3.8) is 0 Å². The maximum atomic E-state index is 13.7. The van der Waals surface area contributed by atoms with Crippen molar-refractivity contribution in [2.75, 3.05) is 6.54 Å². The normalized spacial score (nSPS) is 15.7. The molecule has 1 heterocycles. The maximum Gasteiger partial charge on any atom is 0.243 e. The van der Waals surface area contributed by atoms with E-state index in [4.69, 9.17) is 17.2 Å². The summed E-state index contributed by atoms with van der Waals surface area (Å²) in [4.78, 5) is 47.5. The number of aliphatic imine (C=N–C) groups is 1. The molecule has 0 unspecified atom stereocenters. The lowest BCUT2D eigenvalue weighted by atomic mass is 9.84. The minimum Gasteiger partial charge on any atom is -0.380 e. The van der Waals surface area contributed by atoms with Gasteiger partial charge >= 0.3 is 0 Å². The number of nitrogens with one attached hydrogen (secondary N) is 3. The molecule has 2 aromatic rings. The number of benzene rings is 1. The molecule has 0 aliphatic heterocycles. The zero-order valence-electron chi connectivity index (χ0n) is 24.1. The van der Waals surface area contributed by atoms with Gasteiger partial charge in [-0.1, -0.05) is 68.5 Å². The summed E-state index contributed by atoms with van der Waals surface area (Å²) < 4.78 is 0. The molecule has 1 saturated carbocycles. The van der Waals surface area contributed by atoms with E-state index in [-0.39, 0.29) is 24.7 Å². The average Bonchev–Trinajstić information content (AvgIpc) is 2.99. The lowest BCUT2D eigenvalue weighted by Crippen LogP contribution is -2.56. The largest absolute Gasteiger partial charge is 0.380 e. The van der Waals surface area contributed by atoms with Gasteiger partial charge in [-0.3, -0.25) is 24.4 Å². The van der Waals surface area contributed by atoms with Crippen molar-refractivity contribution in [3.05, 3.63) is 72.2 Å². The fourth-order valence-corrected chi connectivity index (χ4v) is 5.13. The number of nitrogens with two attached hydrogens (primary N) is 3. The van der Waals surface area contributed by atoms with Gasteiger partial charge in [0.05, 0.1) is 0 Å². The Balaban J connectivity index is 1.74. The van der Waals surface area contributed by atoms with Crippen LogP contribution in [0.5, 0.6) is 0 Å². The highest BCUT2D eigenvalue weighted by atomic mass is 16.2. The van der Waals surface area contributed by atoms with Crippen molar-refractivity contribution in [1.29, 1.82) is 0 Å². The number of amides is 3. The Morgan fingerprint density at radius 3 is 2.31 bits per heavy atom. The SMILES string of the molecule is NC(=O)[C@H](Cc1ccccc1)NC(=O)[C@H](CCCN=C(N)N)NC(=O)[C@H](CC1CCCCC1)N/C=C/c1cccnc1.